The predicted molar refractivity (Wildman–Crippen MR) is 133 cm³/mol. The van der Waals surface area contributed by atoms with Crippen molar-refractivity contribution in [3.8, 4) is 22.6 Å². The number of carbonyl (C=O) groups is 2. The van der Waals surface area contributed by atoms with Gasteiger partial charge in [0.05, 0.1) is 6.61 Å². The summed E-state index contributed by atoms with van der Waals surface area (Å²) >= 11 is 0. The van der Waals surface area contributed by atoms with Crippen LogP contribution in [0.3, 0.4) is 0 Å². The van der Waals surface area contributed by atoms with Gasteiger partial charge in [-0.1, -0.05) is 60.7 Å². The molecule has 0 aliphatic rings. The lowest BCUT2D eigenvalue weighted by atomic mass is 9.92. The van der Waals surface area contributed by atoms with E-state index in [1.165, 1.54) is 0 Å². The van der Waals surface area contributed by atoms with Crippen molar-refractivity contribution >= 4 is 33.8 Å². The van der Waals surface area contributed by atoms with Crippen LogP contribution < -0.4 is 9.47 Å². The molecule has 0 spiro atoms. The number of hydrogen-bond donors (Lipinski definition) is 0. The van der Waals surface area contributed by atoms with Crippen LogP contribution in [0.4, 0.5) is 9.59 Å². The zero-order valence-corrected chi connectivity index (χ0v) is 19.5. The van der Waals surface area contributed by atoms with Crippen molar-refractivity contribution in [2.45, 2.75) is 20.8 Å². The highest BCUT2D eigenvalue weighted by Gasteiger charge is 2.23. The summed E-state index contributed by atoms with van der Waals surface area (Å²) < 4.78 is 16.6. The van der Waals surface area contributed by atoms with Crippen molar-refractivity contribution in [2.75, 3.05) is 19.7 Å². The first kappa shape index (κ1) is 23.1. The van der Waals surface area contributed by atoms with Gasteiger partial charge in [0.1, 0.15) is 11.5 Å². The molecule has 6 heteroatoms. The molecular formula is C28H27NO5. The van der Waals surface area contributed by atoms with Crippen LogP contribution in [-0.4, -0.2) is 36.8 Å². The Labute approximate surface area is 198 Å². The zero-order valence-electron chi connectivity index (χ0n) is 19.5. The summed E-state index contributed by atoms with van der Waals surface area (Å²) in [6, 6.07) is 23.0. The monoisotopic (exact) mass is 457 g/mol. The number of benzene rings is 4. The third-order valence-electron chi connectivity index (χ3n) is 5.71. The number of rotatable bonds is 6. The Morgan fingerprint density at radius 1 is 0.676 bits per heavy atom. The topological polar surface area (TPSA) is 65.1 Å². The number of carbonyl (C=O) groups excluding carboxylic acids is 2. The predicted octanol–water partition coefficient (Wildman–Crippen LogP) is 7.04. The van der Waals surface area contributed by atoms with Crippen LogP contribution in [-0.2, 0) is 4.74 Å². The molecule has 6 nitrogen and oxygen atoms in total. The minimum absolute atomic E-state index is 0.197. The van der Waals surface area contributed by atoms with Gasteiger partial charge < -0.3 is 19.1 Å². The van der Waals surface area contributed by atoms with E-state index in [9.17, 15) is 9.59 Å². The van der Waals surface area contributed by atoms with Crippen molar-refractivity contribution < 1.29 is 23.8 Å². The summed E-state index contributed by atoms with van der Waals surface area (Å²) in [6.45, 7) is 6.79. The van der Waals surface area contributed by atoms with Gasteiger partial charge in [0.2, 0.25) is 0 Å². The second-order valence-corrected chi connectivity index (χ2v) is 7.65. The van der Waals surface area contributed by atoms with Crippen molar-refractivity contribution in [1.82, 2.24) is 4.90 Å². The normalized spacial score (nSPS) is 10.8. The van der Waals surface area contributed by atoms with Crippen LogP contribution in [0.25, 0.3) is 32.7 Å². The number of fused-ring (bicyclic) bond motifs is 2. The molecule has 0 heterocycles. The Morgan fingerprint density at radius 2 is 1.18 bits per heavy atom. The minimum atomic E-state index is -0.791. The SMILES string of the molecule is CCOC(=O)Oc1ccc2ccccc2c1-c1c(OC(=O)N(CC)CC)ccc2ccccc12. The Kier molecular flexibility index (Phi) is 6.97. The Hall–Kier alpha value is -4.06. The highest BCUT2D eigenvalue weighted by Crippen LogP contribution is 2.45. The molecule has 0 radical (unpaired) electrons. The molecule has 0 fully saturated rings. The second kappa shape index (κ2) is 10.3. The molecule has 0 atom stereocenters. The maximum Gasteiger partial charge on any atom is 0.513 e. The minimum Gasteiger partial charge on any atom is -0.434 e. The molecule has 0 aliphatic heterocycles. The van der Waals surface area contributed by atoms with E-state index in [1.54, 1.807) is 24.0 Å². The van der Waals surface area contributed by atoms with Gasteiger partial charge in [-0.2, -0.15) is 0 Å². The van der Waals surface area contributed by atoms with E-state index < -0.39 is 12.2 Å². The molecule has 0 bridgehead atoms. The molecule has 4 rings (SSSR count). The molecule has 0 aliphatic carbocycles. The molecule has 0 saturated carbocycles. The Balaban J connectivity index is 2.00. The lowest BCUT2D eigenvalue weighted by molar-refractivity contribution is 0.104. The first-order valence-electron chi connectivity index (χ1n) is 11.4. The first-order valence-corrected chi connectivity index (χ1v) is 11.4. The fourth-order valence-electron chi connectivity index (χ4n) is 4.07. The summed E-state index contributed by atoms with van der Waals surface area (Å²) in [5.74, 6) is 0.717. The largest absolute Gasteiger partial charge is 0.513 e. The number of hydrogen-bond acceptors (Lipinski definition) is 5. The third kappa shape index (κ3) is 4.53. The van der Waals surface area contributed by atoms with Gasteiger partial charge in [-0.15, -0.1) is 0 Å². The van der Waals surface area contributed by atoms with Crippen molar-refractivity contribution in [3.05, 3.63) is 72.8 Å². The summed E-state index contributed by atoms with van der Waals surface area (Å²) in [7, 11) is 0. The van der Waals surface area contributed by atoms with E-state index in [-0.39, 0.29) is 6.61 Å². The van der Waals surface area contributed by atoms with E-state index in [0.717, 1.165) is 21.5 Å². The quantitative estimate of drug-likeness (QED) is 0.230. The lowest BCUT2D eigenvalue weighted by Gasteiger charge is -2.21. The molecule has 0 N–H and O–H groups in total. The Bertz CT molecular complexity index is 1340. The molecule has 0 saturated heterocycles. The van der Waals surface area contributed by atoms with Gasteiger partial charge in [-0.25, -0.2) is 9.59 Å². The molecule has 1 amide bonds. The molecule has 174 valence electrons. The fourth-order valence-corrected chi connectivity index (χ4v) is 4.07. The molecule has 4 aromatic rings. The van der Waals surface area contributed by atoms with E-state index in [1.807, 2.05) is 74.5 Å². The highest BCUT2D eigenvalue weighted by molar-refractivity contribution is 6.10. The van der Waals surface area contributed by atoms with Gasteiger partial charge in [-0.05, 0) is 54.4 Å². The van der Waals surface area contributed by atoms with Crippen LogP contribution in [0.15, 0.2) is 72.8 Å². The fraction of sp³-hybridized carbons (Fsp3) is 0.214. The summed E-state index contributed by atoms with van der Waals surface area (Å²) in [4.78, 5) is 26.8. The summed E-state index contributed by atoms with van der Waals surface area (Å²) in [6.07, 6.45) is -1.23. The average molecular weight is 458 g/mol. The van der Waals surface area contributed by atoms with Crippen LogP contribution in [0.5, 0.6) is 11.5 Å². The molecule has 34 heavy (non-hydrogen) atoms. The molecule has 0 aromatic heterocycles. The maximum atomic E-state index is 12.9. The number of amides is 1. The van der Waals surface area contributed by atoms with Crippen LogP contribution in [0, 0.1) is 0 Å². The van der Waals surface area contributed by atoms with Crippen LogP contribution >= 0.6 is 0 Å². The lowest BCUT2D eigenvalue weighted by Crippen LogP contribution is -2.33. The van der Waals surface area contributed by atoms with Crippen LogP contribution in [0.2, 0.25) is 0 Å². The van der Waals surface area contributed by atoms with Crippen molar-refractivity contribution in [1.29, 1.82) is 0 Å². The smallest absolute Gasteiger partial charge is 0.434 e. The molecule has 4 aromatic carbocycles. The van der Waals surface area contributed by atoms with Gasteiger partial charge in [0.25, 0.3) is 0 Å². The van der Waals surface area contributed by atoms with E-state index in [4.69, 9.17) is 14.2 Å². The number of nitrogens with zero attached hydrogens (tertiary/aromatic N) is 1. The first-order chi connectivity index (χ1) is 16.6. The van der Waals surface area contributed by atoms with E-state index in [0.29, 0.717) is 35.7 Å². The summed E-state index contributed by atoms with van der Waals surface area (Å²) in [5, 5.41) is 3.66. The van der Waals surface area contributed by atoms with E-state index in [2.05, 4.69) is 0 Å². The highest BCUT2D eigenvalue weighted by atomic mass is 16.7. The standard InChI is InChI=1S/C28H27NO5/c1-4-29(5-2)27(30)33-23-17-15-19-11-7-9-13-21(19)25(23)26-22-14-10-8-12-20(22)16-18-24(26)34-28(31)32-6-3/h7-18H,4-6H2,1-3H3. The summed E-state index contributed by atoms with van der Waals surface area (Å²) in [5.41, 5.74) is 1.33. The maximum absolute atomic E-state index is 12.9. The van der Waals surface area contributed by atoms with Gasteiger partial charge in [0, 0.05) is 24.2 Å². The van der Waals surface area contributed by atoms with Gasteiger partial charge in [0.15, 0.2) is 0 Å². The number of ether oxygens (including phenoxy) is 3. The zero-order chi connectivity index (χ0) is 24.1. The average Bonchev–Trinajstić information content (AvgIpc) is 2.85. The molecule has 0 unspecified atom stereocenters. The molecular weight excluding hydrogens is 430 g/mol. The Morgan fingerprint density at radius 3 is 1.68 bits per heavy atom. The second-order valence-electron chi connectivity index (χ2n) is 7.65. The third-order valence-corrected chi connectivity index (χ3v) is 5.71. The van der Waals surface area contributed by atoms with Gasteiger partial charge >= 0.3 is 12.2 Å². The van der Waals surface area contributed by atoms with Crippen molar-refractivity contribution in [2.24, 2.45) is 0 Å². The van der Waals surface area contributed by atoms with Gasteiger partial charge in [-0.3, -0.25) is 0 Å². The van der Waals surface area contributed by atoms with Crippen LogP contribution in [0.1, 0.15) is 20.8 Å². The van der Waals surface area contributed by atoms with Crippen molar-refractivity contribution in [3.63, 3.8) is 0 Å². The van der Waals surface area contributed by atoms with E-state index >= 15 is 0 Å².